The number of nitrogens with zero attached hydrogens (tertiary/aromatic N) is 1. The molecule has 0 aliphatic heterocycles. The van der Waals surface area contributed by atoms with E-state index in [0.29, 0.717) is 36.3 Å². The van der Waals surface area contributed by atoms with Crippen molar-refractivity contribution in [3.63, 3.8) is 0 Å². The molecule has 3 aromatic carbocycles. The largest absolute Gasteiger partial charge is 4.00 e. The second-order valence-corrected chi connectivity index (χ2v) is 21.7. The van der Waals surface area contributed by atoms with Gasteiger partial charge in [-0.2, -0.15) is 0 Å². The SMILES string of the molecule is CC(C)(C)c1cc(CN(Cc2cc(C(C)(C)C)cc(C(C)(C)C)c2[O-])Cc2cc(C(C)(C)C)cc(C(C)(C)C)c2[O-])c([O-])c(C(C)(C)C)c1.CC(C)[O-].[Ti+4]. The van der Waals surface area contributed by atoms with Crippen molar-refractivity contribution >= 4 is 0 Å². The van der Waals surface area contributed by atoms with E-state index in [9.17, 15) is 20.4 Å². The predicted octanol–water partition coefficient (Wildman–Crippen LogP) is 9.65. The summed E-state index contributed by atoms with van der Waals surface area (Å²) in [6.45, 7) is 42.5. The maximum absolute atomic E-state index is 14.3. The third-order valence-electron chi connectivity index (χ3n) is 9.70. The Morgan fingerprint density at radius 2 is 0.593 bits per heavy atom. The molecule has 0 bridgehead atoms. The molecule has 0 fully saturated rings. The fraction of sp³-hybridized carbons (Fsp3) is 0.625. The third-order valence-corrected chi connectivity index (χ3v) is 9.70. The van der Waals surface area contributed by atoms with Gasteiger partial charge in [0.25, 0.3) is 0 Å². The van der Waals surface area contributed by atoms with E-state index in [1.54, 1.807) is 13.8 Å². The van der Waals surface area contributed by atoms with Gasteiger partial charge in [-0.3, -0.25) is 4.90 Å². The van der Waals surface area contributed by atoms with Crippen LogP contribution in [0.4, 0.5) is 0 Å². The number of benzene rings is 3. The fourth-order valence-corrected chi connectivity index (χ4v) is 6.28. The summed E-state index contributed by atoms with van der Waals surface area (Å²) >= 11 is 0. The molecule has 298 valence electrons. The van der Waals surface area contributed by atoms with Gasteiger partial charge in [-0.25, -0.2) is 0 Å². The van der Waals surface area contributed by atoms with Crippen molar-refractivity contribution in [2.75, 3.05) is 0 Å². The van der Waals surface area contributed by atoms with Crippen LogP contribution in [0.15, 0.2) is 36.4 Å². The van der Waals surface area contributed by atoms with Gasteiger partial charge in [0.1, 0.15) is 0 Å². The Balaban J connectivity index is 0.00000277. The van der Waals surface area contributed by atoms with E-state index >= 15 is 0 Å². The molecule has 0 saturated heterocycles. The molecular formula is C48H73NO4Ti. The zero-order valence-corrected chi connectivity index (χ0v) is 39.3. The van der Waals surface area contributed by atoms with Crippen LogP contribution in [0.1, 0.15) is 189 Å². The molecule has 54 heavy (non-hydrogen) atoms. The topological polar surface area (TPSA) is 95.5 Å². The van der Waals surface area contributed by atoms with Gasteiger partial charge in [-0.1, -0.05) is 175 Å². The van der Waals surface area contributed by atoms with Crippen LogP contribution in [-0.2, 0) is 73.8 Å². The molecule has 3 rings (SSSR count). The first kappa shape index (κ1) is 49.7. The van der Waals surface area contributed by atoms with Crippen molar-refractivity contribution in [2.45, 2.75) is 197 Å². The Hall–Kier alpha value is -2.31. The van der Waals surface area contributed by atoms with Crippen molar-refractivity contribution in [3.05, 3.63) is 86.5 Å². The van der Waals surface area contributed by atoms with E-state index in [1.165, 1.54) is 0 Å². The van der Waals surface area contributed by atoms with Crippen LogP contribution >= 0.6 is 0 Å². The van der Waals surface area contributed by atoms with E-state index in [1.807, 2.05) is 0 Å². The smallest absolute Gasteiger partial charge is 0.872 e. The number of rotatable bonds is 6. The first-order valence-corrected chi connectivity index (χ1v) is 19.5. The van der Waals surface area contributed by atoms with Gasteiger partial charge in [0.05, 0.1) is 0 Å². The molecular weight excluding hydrogens is 702 g/mol. The molecule has 0 atom stereocenters. The first-order valence-electron chi connectivity index (χ1n) is 19.5. The van der Waals surface area contributed by atoms with E-state index in [4.69, 9.17) is 0 Å². The van der Waals surface area contributed by atoms with Gasteiger partial charge in [-0.05, 0) is 82.6 Å². The molecule has 0 spiro atoms. The average Bonchev–Trinajstić information content (AvgIpc) is 2.92. The monoisotopic (exact) mass is 776 g/mol. The summed E-state index contributed by atoms with van der Waals surface area (Å²) in [5, 5.41) is 52.3. The molecule has 0 aliphatic carbocycles. The average molecular weight is 776 g/mol. The quantitative estimate of drug-likeness (QED) is 0.233. The summed E-state index contributed by atoms with van der Waals surface area (Å²) in [5.41, 5.74) is 6.27. The van der Waals surface area contributed by atoms with Crippen molar-refractivity contribution in [1.82, 2.24) is 4.90 Å². The molecule has 5 nitrogen and oxygen atoms in total. The van der Waals surface area contributed by atoms with Crippen LogP contribution in [0, 0.1) is 0 Å². The van der Waals surface area contributed by atoms with E-state index < -0.39 is 6.10 Å². The van der Waals surface area contributed by atoms with Crippen LogP contribution in [0.3, 0.4) is 0 Å². The Morgan fingerprint density at radius 1 is 0.407 bits per heavy atom. The second kappa shape index (κ2) is 17.5. The second-order valence-electron chi connectivity index (χ2n) is 21.7. The molecule has 0 N–H and O–H groups in total. The number of hydrogen-bond acceptors (Lipinski definition) is 5. The zero-order chi connectivity index (χ0) is 41.4. The van der Waals surface area contributed by atoms with E-state index in [0.717, 1.165) is 33.4 Å². The van der Waals surface area contributed by atoms with Gasteiger partial charge >= 0.3 is 21.7 Å². The summed E-state index contributed by atoms with van der Waals surface area (Å²) in [6, 6.07) is 12.4. The summed E-state index contributed by atoms with van der Waals surface area (Å²) in [6.07, 6.45) is -0.417. The van der Waals surface area contributed by atoms with E-state index in [-0.39, 0.29) is 71.5 Å². The van der Waals surface area contributed by atoms with Crippen LogP contribution < -0.4 is 20.4 Å². The Bertz CT molecular complexity index is 1510. The normalized spacial score (nSPS) is 13.2. The molecule has 0 saturated carbocycles. The minimum atomic E-state index is -0.417. The Labute approximate surface area is 345 Å². The van der Waals surface area contributed by atoms with Crippen LogP contribution in [0.5, 0.6) is 17.2 Å². The van der Waals surface area contributed by atoms with Crippen LogP contribution in [-0.4, -0.2) is 11.0 Å². The summed E-state index contributed by atoms with van der Waals surface area (Å²) in [7, 11) is 0. The van der Waals surface area contributed by atoms with Gasteiger partial charge in [0.2, 0.25) is 0 Å². The minimum Gasteiger partial charge on any atom is -0.872 e. The number of hydrogen-bond donors (Lipinski definition) is 0. The van der Waals surface area contributed by atoms with Crippen molar-refractivity contribution in [1.29, 1.82) is 0 Å². The van der Waals surface area contributed by atoms with Gasteiger partial charge < -0.3 is 20.4 Å². The molecule has 0 unspecified atom stereocenters. The molecule has 3 aromatic rings. The minimum absolute atomic E-state index is 0. The molecule has 0 heterocycles. The molecule has 0 amide bonds. The van der Waals surface area contributed by atoms with Gasteiger partial charge in [-0.15, -0.1) is 23.4 Å². The van der Waals surface area contributed by atoms with Gasteiger partial charge in [0, 0.05) is 19.6 Å². The van der Waals surface area contributed by atoms with Gasteiger partial charge in [0.15, 0.2) is 0 Å². The van der Waals surface area contributed by atoms with Crippen LogP contribution in [0.25, 0.3) is 0 Å². The van der Waals surface area contributed by atoms with Crippen molar-refractivity contribution in [2.24, 2.45) is 0 Å². The Morgan fingerprint density at radius 3 is 0.741 bits per heavy atom. The van der Waals surface area contributed by atoms with Crippen molar-refractivity contribution in [3.8, 4) is 17.2 Å². The fourth-order valence-electron chi connectivity index (χ4n) is 6.28. The van der Waals surface area contributed by atoms with E-state index in [2.05, 4.69) is 166 Å². The van der Waals surface area contributed by atoms with Crippen LogP contribution in [0.2, 0.25) is 0 Å². The summed E-state index contributed by atoms with van der Waals surface area (Å²) in [5.74, 6) is 0.105. The summed E-state index contributed by atoms with van der Waals surface area (Å²) in [4.78, 5) is 2.15. The summed E-state index contributed by atoms with van der Waals surface area (Å²) < 4.78 is 0. The van der Waals surface area contributed by atoms with Crippen molar-refractivity contribution < 1.29 is 42.1 Å². The predicted molar refractivity (Wildman–Crippen MR) is 218 cm³/mol. The maximum Gasteiger partial charge on any atom is 4.00 e. The Kier molecular flexibility index (Phi) is 16.1. The standard InChI is InChI=1S/C45H69NO3.C3H7O.Ti/c1-40(2,3)31-19-28(37(47)34(22-31)43(10,11)12)25-46(26-29-20-32(41(4,5)6)23-35(38(29)48)44(13,14)15)27-30-21-33(42(7,8)9)24-36(39(30)49)45(16,17)18;1-3(2)4;/h19-24,47-49H,25-27H2,1-18H3;3H,1-2H3;/q;-1;+4/p-3. The maximum atomic E-state index is 14.3. The molecule has 0 aliphatic rings. The third kappa shape index (κ3) is 13.4. The first-order chi connectivity index (χ1) is 23.5. The molecule has 0 aromatic heterocycles. The zero-order valence-electron chi connectivity index (χ0n) is 37.7. The molecule has 0 radical (unpaired) electrons. The molecule has 6 heteroatoms.